The van der Waals surface area contributed by atoms with E-state index < -0.39 is 5.54 Å². The largest absolute Gasteiger partial charge is 0.468 e. The third-order valence-corrected chi connectivity index (χ3v) is 4.27. The van der Waals surface area contributed by atoms with Gasteiger partial charge in [0.1, 0.15) is 5.54 Å². The second-order valence-electron chi connectivity index (χ2n) is 6.08. The molecule has 1 unspecified atom stereocenters. The fraction of sp³-hybridized carbons (Fsp3) is 0.933. The van der Waals surface area contributed by atoms with E-state index in [2.05, 4.69) is 29.0 Å². The molecule has 0 radical (unpaired) electrons. The van der Waals surface area contributed by atoms with Crippen LogP contribution >= 0.6 is 0 Å². The number of nitrogens with one attached hydrogen (secondary N) is 1. The number of nitrogens with zero attached hydrogens (tertiary/aromatic N) is 2. The monoisotopic (exact) mass is 285 g/mol. The van der Waals surface area contributed by atoms with Crippen LogP contribution in [0.5, 0.6) is 0 Å². The van der Waals surface area contributed by atoms with E-state index in [-0.39, 0.29) is 5.97 Å². The predicted octanol–water partition coefficient (Wildman–Crippen LogP) is 0.944. The molecule has 1 rings (SSSR count). The first-order valence-corrected chi connectivity index (χ1v) is 7.72. The first-order valence-electron chi connectivity index (χ1n) is 7.72. The van der Waals surface area contributed by atoms with E-state index >= 15 is 0 Å². The molecule has 118 valence electrons. The Hall–Kier alpha value is -0.650. The highest BCUT2D eigenvalue weighted by Gasteiger charge is 2.33. The van der Waals surface area contributed by atoms with Crippen LogP contribution in [0.15, 0.2) is 0 Å². The molecule has 0 saturated carbocycles. The molecule has 1 fully saturated rings. The zero-order valence-corrected chi connectivity index (χ0v) is 13.7. The van der Waals surface area contributed by atoms with Crippen LogP contribution in [-0.2, 0) is 9.53 Å². The minimum absolute atomic E-state index is 0.167. The lowest BCUT2D eigenvalue weighted by Gasteiger charge is -2.38. The Morgan fingerprint density at radius 3 is 2.35 bits per heavy atom. The number of carbonyl (C=O) groups is 1. The molecule has 0 spiro atoms. The van der Waals surface area contributed by atoms with Crippen molar-refractivity contribution in [3.8, 4) is 0 Å². The van der Waals surface area contributed by atoms with Gasteiger partial charge >= 0.3 is 5.97 Å². The lowest BCUT2D eigenvalue weighted by atomic mass is 9.97. The van der Waals surface area contributed by atoms with E-state index in [1.54, 1.807) is 0 Å². The number of piperazine rings is 1. The molecule has 1 atom stereocenters. The molecule has 1 heterocycles. The topological polar surface area (TPSA) is 44.8 Å². The Morgan fingerprint density at radius 2 is 1.90 bits per heavy atom. The van der Waals surface area contributed by atoms with Crippen LogP contribution in [0.3, 0.4) is 0 Å². The Kier molecular flexibility index (Phi) is 6.92. The fourth-order valence-corrected chi connectivity index (χ4v) is 2.76. The summed E-state index contributed by atoms with van der Waals surface area (Å²) in [5.74, 6) is -0.167. The van der Waals surface area contributed by atoms with Crippen LogP contribution in [0.2, 0.25) is 0 Å². The predicted molar refractivity (Wildman–Crippen MR) is 81.9 cm³/mol. The number of hydrogen-bond donors (Lipinski definition) is 1. The Balaban J connectivity index is 2.43. The van der Waals surface area contributed by atoms with Gasteiger partial charge in [-0.3, -0.25) is 9.69 Å². The Labute approximate surface area is 123 Å². The molecular formula is C15H31N3O2. The van der Waals surface area contributed by atoms with Crippen LogP contribution in [0.4, 0.5) is 0 Å². The highest BCUT2D eigenvalue weighted by Crippen LogP contribution is 2.14. The molecule has 1 aliphatic rings. The van der Waals surface area contributed by atoms with Crippen molar-refractivity contribution in [2.45, 2.75) is 45.7 Å². The Bertz CT molecular complexity index is 301. The number of ether oxygens (including phenoxy) is 1. The maximum absolute atomic E-state index is 11.9. The van der Waals surface area contributed by atoms with Crippen LogP contribution in [0.25, 0.3) is 0 Å². The zero-order valence-electron chi connectivity index (χ0n) is 13.7. The molecule has 1 saturated heterocycles. The molecule has 0 aromatic heterocycles. The van der Waals surface area contributed by atoms with E-state index in [9.17, 15) is 4.79 Å². The number of methoxy groups -OCH3 is 1. The van der Waals surface area contributed by atoms with Gasteiger partial charge in [-0.05, 0) is 33.7 Å². The lowest BCUT2D eigenvalue weighted by Crippen LogP contribution is -2.54. The van der Waals surface area contributed by atoms with Gasteiger partial charge in [0.25, 0.3) is 0 Å². The molecule has 20 heavy (non-hydrogen) atoms. The molecule has 5 heteroatoms. The first kappa shape index (κ1) is 17.4. The van der Waals surface area contributed by atoms with Gasteiger partial charge in [-0.15, -0.1) is 0 Å². The average molecular weight is 285 g/mol. The summed E-state index contributed by atoms with van der Waals surface area (Å²) in [5, 5.41) is 3.26. The summed E-state index contributed by atoms with van der Waals surface area (Å²) in [6, 6.07) is 0.624. The first-order chi connectivity index (χ1) is 9.42. The summed E-state index contributed by atoms with van der Waals surface area (Å²) in [7, 11) is 1.46. The molecule has 0 amide bonds. The van der Waals surface area contributed by atoms with Crippen molar-refractivity contribution in [3.05, 3.63) is 0 Å². The number of esters is 1. The third-order valence-electron chi connectivity index (χ3n) is 4.27. The molecule has 0 aromatic rings. The van der Waals surface area contributed by atoms with Gasteiger partial charge in [0.05, 0.1) is 7.11 Å². The number of likely N-dealkylation sites (N-methyl/N-ethyl adjacent to an activating group) is 1. The molecular weight excluding hydrogens is 254 g/mol. The molecule has 0 bridgehead atoms. The van der Waals surface area contributed by atoms with Crippen molar-refractivity contribution < 1.29 is 9.53 Å². The average Bonchev–Trinajstić information content (AvgIpc) is 2.45. The second-order valence-corrected chi connectivity index (χ2v) is 6.08. The maximum Gasteiger partial charge on any atom is 0.325 e. The van der Waals surface area contributed by atoms with Gasteiger partial charge in [-0.25, -0.2) is 0 Å². The highest BCUT2D eigenvalue weighted by molar-refractivity contribution is 5.80. The van der Waals surface area contributed by atoms with Gasteiger partial charge in [0.2, 0.25) is 0 Å². The van der Waals surface area contributed by atoms with Crippen molar-refractivity contribution in [1.29, 1.82) is 0 Å². The summed E-state index contributed by atoms with van der Waals surface area (Å²) in [6.45, 7) is 14.6. The maximum atomic E-state index is 11.9. The van der Waals surface area contributed by atoms with Gasteiger partial charge in [0, 0.05) is 38.8 Å². The highest BCUT2D eigenvalue weighted by atomic mass is 16.5. The molecule has 1 aliphatic heterocycles. The minimum atomic E-state index is -0.571. The van der Waals surface area contributed by atoms with Crippen molar-refractivity contribution in [2.24, 2.45) is 0 Å². The molecule has 0 aliphatic carbocycles. The third kappa shape index (κ3) is 4.72. The van der Waals surface area contributed by atoms with Crippen molar-refractivity contribution in [3.63, 3.8) is 0 Å². The summed E-state index contributed by atoms with van der Waals surface area (Å²) in [5.41, 5.74) is -0.571. The van der Waals surface area contributed by atoms with Crippen molar-refractivity contribution >= 4 is 5.97 Å². The summed E-state index contributed by atoms with van der Waals surface area (Å²) in [6.07, 6.45) is 0.787. The summed E-state index contributed by atoms with van der Waals surface area (Å²) < 4.78 is 4.93. The van der Waals surface area contributed by atoms with E-state index in [1.807, 2.05) is 13.8 Å². The molecule has 1 N–H and O–H groups in total. The van der Waals surface area contributed by atoms with Gasteiger partial charge < -0.3 is 15.0 Å². The number of rotatable bonds is 7. The van der Waals surface area contributed by atoms with Gasteiger partial charge in [-0.2, -0.15) is 0 Å². The van der Waals surface area contributed by atoms with Crippen LogP contribution in [0, 0.1) is 0 Å². The van der Waals surface area contributed by atoms with E-state index in [1.165, 1.54) is 7.11 Å². The van der Waals surface area contributed by atoms with Gasteiger partial charge in [0.15, 0.2) is 0 Å². The van der Waals surface area contributed by atoms with E-state index in [0.29, 0.717) is 6.04 Å². The summed E-state index contributed by atoms with van der Waals surface area (Å²) in [4.78, 5) is 16.9. The smallest absolute Gasteiger partial charge is 0.325 e. The van der Waals surface area contributed by atoms with Crippen LogP contribution in [-0.4, -0.2) is 73.7 Å². The van der Waals surface area contributed by atoms with Crippen LogP contribution < -0.4 is 5.32 Å². The van der Waals surface area contributed by atoms with E-state index in [0.717, 1.165) is 45.7 Å². The normalized spacial score (nSPS) is 20.9. The van der Waals surface area contributed by atoms with Crippen LogP contribution in [0.1, 0.15) is 34.1 Å². The quantitative estimate of drug-likeness (QED) is 0.706. The lowest BCUT2D eigenvalue weighted by molar-refractivity contribution is -0.148. The standard InChI is InChI=1S/C15H31N3O2/c1-6-16-15(4,14(19)20-5)7-8-17-9-11-18(12-10-17)13(2)3/h13,16H,6-12H2,1-5H3. The number of hydrogen-bond acceptors (Lipinski definition) is 5. The zero-order chi connectivity index (χ0) is 15.2. The molecule has 0 aromatic carbocycles. The second kappa shape index (κ2) is 7.96. The SMILES string of the molecule is CCNC(C)(CCN1CCN(C(C)C)CC1)C(=O)OC. The summed E-state index contributed by atoms with van der Waals surface area (Å²) >= 11 is 0. The van der Waals surface area contributed by atoms with Gasteiger partial charge in [-0.1, -0.05) is 6.92 Å². The van der Waals surface area contributed by atoms with Crippen molar-refractivity contribution in [2.75, 3.05) is 46.4 Å². The van der Waals surface area contributed by atoms with E-state index in [4.69, 9.17) is 4.74 Å². The molecule has 5 nitrogen and oxygen atoms in total. The fourth-order valence-electron chi connectivity index (χ4n) is 2.76. The minimum Gasteiger partial charge on any atom is -0.468 e. The Morgan fingerprint density at radius 1 is 1.30 bits per heavy atom. The number of carbonyl (C=O) groups excluding carboxylic acids is 1. The van der Waals surface area contributed by atoms with Crippen molar-refractivity contribution in [1.82, 2.24) is 15.1 Å².